The van der Waals surface area contributed by atoms with Gasteiger partial charge in [-0.25, -0.2) is 4.39 Å². The van der Waals surface area contributed by atoms with Crippen LogP contribution in [-0.2, 0) is 0 Å². The van der Waals surface area contributed by atoms with Crippen molar-refractivity contribution >= 4 is 15.9 Å². The first kappa shape index (κ1) is 9.68. The highest BCUT2D eigenvalue weighted by Gasteiger charge is 2.12. The Morgan fingerprint density at radius 2 is 2.25 bits per heavy atom. The Hall–Kier alpha value is -0.410. The Morgan fingerprint density at radius 3 is 2.75 bits per heavy atom. The van der Waals surface area contributed by atoms with Crippen molar-refractivity contribution in [1.29, 1.82) is 0 Å². The van der Waals surface area contributed by atoms with E-state index in [2.05, 4.69) is 15.9 Å². The maximum absolute atomic E-state index is 13.2. The van der Waals surface area contributed by atoms with Gasteiger partial charge in [-0.05, 0) is 18.6 Å². The fraction of sp³-hybridized carbons (Fsp3) is 0.333. The van der Waals surface area contributed by atoms with E-state index in [1.807, 2.05) is 6.92 Å². The van der Waals surface area contributed by atoms with Crippen molar-refractivity contribution in [2.24, 2.45) is 5.73 Å². The minimum absolute atomic E-state index is 0.222. The molecule has 0 amide bonds. The Kier molecular flexibility index (Phi) is 3.23. The third kappa shape index (κ3) is 1.84. The molecule has 1 unspecified atom stereocenters. The van der Waals surface area contributed by atoms with Gasteiger partial charge < -0.3 is 5.73 Å². The van der Waals surface area contributed by atoms with Crippen LogP contribution in [0.2, 0.25) is 0 Å². The van der Waals surface area contributed by atoms with E-state index in [9.17, 15) is 4.39 Å². The highest BCUT2D eigenvalue weighted by atomic mass is 79.9. The summed E-state index contributed by atoms with van der Waals surface area (Å²) in [6, 6.07) is 4.66. The van der Waals surface area contributed by atoms with Gasteiger partial charge in [0, 0.05) is 16.1 Å². The van der Waals surface area contributed by atoms with E-state index in [0.29, 0.717) is 5.56 Å². The van der Waals surface area contributed by atoms with E-state index in [4.69, 9.17) is 5.73 Å². The molecule has 1 aromatic carbocycles. The molecule has 0 aliphatic heterocycles. The molecule has 1 nitrogen and oxygen atoms in total. The van der Waals surface area contributed by atoms with Crippen molar-refractivity contribution in [3.8, 4) is 0 Å². The SMILES string of the molecule is CCC(N)c1c(F)cccc1Br. The second kappa shape index (κ2) is 4.01. The van der Waals surface area contributed by atoms with E-state index in [1.54, 1.807) is 12.1 Å². The van der Waals surface area contributed by atoms with Crippen LogP contribution in [0.1, 0.15) is 24.9 Å². The Balaban J connectivity index is 3.12. The highest BCUT2D eigenvalue weighted by molar-refractivity contribution is 9.10. The fourth-order valence-electron chi connectivity index (χ4n) is 1.07. The highest BCUT2D eigenvalue weighted by Crippen LogP contribution is 2.26. The molecule has 0 radical (unpaired) electrons. The van der Waals surface area contributed by atoms with Gasteiger partial charge in [0.2, 0.25) is 0 Å². The fourth-order valence-corrected chi connectivity index (χ4v) is 1.71. The normalized spacial score (nSPS) is 13.0. The van der Waals surface area contributed by atoms with Crippen LogP contribution in [0.3, 0.4) is 0 Å². The van der Waals surface area contributed by atoms with Gasteiger partial charge in [-0.15, -0.1) is 0 Å². The second-order valence-corrected chi connectivity index (χ2v) is 3.50. The molecule has 2 N–H and O–H groups in total. The smallest absolute Gasteiger partial charge is 0.129 e. The number of rotatable bonds is 2. The molecule has 1 atom stereocenters. The molecule has 0 saturated heterocycles. The third-order valence-corrected chi connectivity index (χ3v) is 2.50. The van der Waals surface area contributed by atoms with Crippen molar-refractivity contribution in [3.05, 3.63) is 34.1 Å². The molecule has 0 fully saturated rings. The average molecular weight is 232 g/mol. The van der Waals surface area contributed by atoms with Gasteiger partial charge in [-0.1, -0.05) is 28.9 Å². The summed E-state index contributed by atoms with van der Waals surface area (Å²) in [5.41, 5.74) is 6.30. The molecule has 0 saturated carbocycles. The monoisotopic (exact) mass is 231 g/mol. The van der Waals surface area contributed by atoms with Crippen molar-refractivity contribution in [3.63, 3.8) is 0 Å². The summed E-state index contributed by atoms with van der Waals surface area (Å²) in [5, 5.41) is 0. The first-order valence-corrected chi connectivity index (χ1v) is 4.65. The van der Waals surface area contributed by atoms with E-state index < -0.39 is 0 Å². The van der Waals surface area contributed by atoms with Crippen LogP contribution in [-0.4, -0.2) is 0 Å². The number of nitrogens with two attached hydrogens (primary N) is 1. The maximum atomic E-state index is 13.2. The van der Waals surface area contributed by atoms with E-state index in [0.717, 1.165) is 10.9 Å². The van der Waals surface area contributed by atoms with Gasteiger partial charge in [-0.2, -0.15) is 0 Å². The predicted octanol–water partition coefficient (Wildman–Crippen LogP) is 3.00. The van der Waals surface area contributed by atoms with Gasteiger partial charge in [0.1, 0.15) is 5.82 Å². The summed E-state index contributed by atoms with van der Waals surface area (Å²) in [4.78, 5) is 0. The number of hydrogen-bond donors (Lipinski definition) is 1. The Bertz CT molecular complexity index is 255. The first-order chi connectivity index (χ1) is 5.66. The van der Waals surface area contributed by atoms with Gasteiger partial charge in [0.05, 0.1) is 0 Å². The molecule has 1 rings (SSSR count). The van der Waals surface area contributed by atoms with E-state index >= 15 is 0 Å². The first-order valence-electron chi connectivity index (χ1n) is 3.86. The molecule has 66 valence electrons. The third-order valence-electron chi connectivity index (χ3n) is 1.81. The van der Waals surface area contributed by atoms with Crippen LogP contribution in [0.5, 0.6) is 0 Å². The molecule has 3 heteroatoms. The topological polar surface area (TPSA) is 26.0 Å². The summed E-state index contributed by atoms with van der Waals surface area (Å²) < 4.78 is 13.9. The van der Waals surface area contributed by atoms with Crippen molar-refractivity contribution in [2.45, 2.75) is 19.4 Å². The zero-order chi connectivity index (χ0) is 9.14. The minimum Gasteiger partial charge on any atom is -0.324 e. The second-order valence-electron chi connectivity index (χ2n) is 2.65. The molecule has 0 aromatic heterocycles. The van der Waals surface area contributed by atoms with Crippen LogP contribution in [0.15, 0.2) is 22.7 Å². The molecule has 0 aliphatic rings. The summed E-state index contributed by atoms with van der Waals surface area (Å²) in [6.07, 6.45) is 0.736. The predicted molar refractivity (Wildman–Crippen MR) is 51.3 cm³/mol. The van der Waals surface area contributed by atoms with Gasteiger partial charge in [0.15, 0.2) is 0 Å². The standard InChI is InChI=1S/C9H11BrFN/c1-2-8(12)9-6(10)4-3-5-7(9)11/h3-5,8H,2,12H2,1H3. The molecule has 0 spiro atoms. The van der Waals surface area contributed by atoms with E-state index in [-0.39, 0.29) is 11.9 Å². The molecule has 0 heterocycles. The zero-order valence-electron chi connectivity index (χ0n) is 6.85. The summed E-state index contributed by atoms with van der Waals surface area (Å²) in [5.74, 6) is -0.237. The molecular formula is C9H11BrFN. The maximum Gasteiger partial charge on any atom is 0.129 e. The number of hydrogen-bond acceptors (Lipinski definition) is 1. The lowest BCUT2D eigenvalue weighted by Crippen LogP contribution is -2.11. The summed E-state index contributed by atoms with van der Waals surface area (Å²) in [6.45, 7) is 1.93. The van der Waals surface area contributed by atoms with Gasteiger partial charge in [-0.3, -0.25) is 0 Å². The minimum atomic E-state index is -0.237. The van der Waals surface area contributed by atoms with Crippen LogP contribution >= 0.6 is 15.9 Å². The zero-order valence-corrected chi connectivity index (χ0v) is 8.44. The Morgan fingerprint density at radius 1 is 1.58 bits per heavy atom. The molecule has 0 bridgehead atoms. The lowest BCUT2D eigenvalue weighted by atomic mass is 10.1. The molecule has 12 heavy (non-hydrogen) atoms. The summed E-state index contributed by atoms with van der Waals surface area (Å²) >= 11 is 3.27. The number of halogens is 2. The quantitative estimate of drug-likeness (QED) is 0.833. The van der Waals surface area contributed by atoms with Crippen molar-refractivity contribution < 1.29 is 4.39 Å². The van der Waals surface area contributed by atoms with Crippen LogP contribution in [0.4, 0.5) is 4.39 Å². The molecular weight excluding hydrogens is 221 g/mol. The van der Waals surface area contributed by atoms with Gasteiger partial charge >= 0.3 is 0 Å². The van der Waals surface area contributed by atoms with Gasteiger partial charge in [0.25, 0.3) is 0 Å². The average Bonchev–Trinajstić information content (AvgIpc) is 2.03. The molecule has 1 aromatic rings. The van der Waals surface area contributed by atoms with Crippen LogP contribution in [0, 0.1) is 5.82 Å². The number of benzene rings is 1. The lowest BCUT2D eigenvalue weighted by Gasteiger charge is -2.11. The van der Waals surface area contributed by atoms with Crippen molar-refractivity contribution in [2.75, 3.05) is 0 Å². The van der Waals surface area contributed by atoms with E-state index in [1.165, 1.54) is 6.07 Å². The largest absolute Gasteiger partial charge is 0.324 e. The van der Waals surface area contributed by atoms with Crippen LogP contribution < -0.4 is 5.73 Å². The molecule has 0 aliphatic carbocycles. The summed E-state index contributed by atoms with van der Waals surface area (Å²) in [7, 11) is 0. The lowest BCUT2D eigenvalue weighted by molar-refractivity contribution is 0.573. The van der Waals surface area contributed by atoms with Crippen molar-refractivity contribution in [1.82, 2.24) is 0 Å². The Labute approximate surface area is 79.9 Å². The van der Waals surface area contributed by atoms with Crippen LogP contribution in [0.25, 0.3) is 0 Å².